The van der Waals surface area contributed by atoms with Gasteiger partial charge in [-0.15, -0.1) is 5.54 Å². The van der Waals surface area contributed by atoms with Gasteiger partial charge >= 0.3 is 0 Å². The highest BCUT2D eigenvalue weighted by molar-refractivity contribution is 6.99. The first-order valence-corrected chi connectivity index (χ1v) is 17.9. The van der Waals surface area contributed by atoms with Gasteiger partial charge in [-0.2, -0.15) is 0 Å². The number of aliphatic hydroxyl groups excluding tert-OH is 1. The van der Waals surface area contributed by atoms with Crippen LogP contribution in [0.15, 0.2) is 60.7 Å². The molecule has 0 aliphatic carbocycles. The fourth-order valence-electron chi connectivity index (χ4n) is 4.09. The van der Waals surface area contributed by atoms with E-state index < -0.39 is 22.5 Å². The molecule has 0 radical (unpaired) electrons. The number of rotatable bonds is 7. The highest BCUT2D eigenvalue weighted by Crippen LogP contribution is 2.38. The van der Waals surface area contributed by atoms with Gasteiger partial charge in [0.15, 0.2) is 6.10 Å². The summed E-state index contributed by atoms with van der Waals surface area (Å²) in [5.74, 6) is 14.4. The predicted octanol–water partition coefficient (Wildman–Crippen LogP) is 5.37. The van der Waals surface area contributed by atoms with Gasteiger partial charge in [0.25, 0.3) is 8.32 Å². The summed E-state index contributed by atoms with van der Waals surface area (Å²) in [5.41, 5.74) is 3.18. The van der Waals surface area contributed by atoms with Crippen molar-refractivity contribution in [2.24, 2.45) is 0 Å². The monoisotopic (exact) mass is 500 g/mol. The first kappa shape index (κ1) is 28.7. The molecule has 0 heterocycles. The molecule has 0 bridgehead atoms. The Kier molecular flexibility index (Phi) is 10.6. The van der Waals surface area contributed by atoms with Gasteiger partial charge in [0, 0.05) is 6.42 Å². The Morgan fingerprint density at radius 1 is 0.857 bits per heavy atom. The van der Waals surface area contributed by atoms with Crippen molar-refractivity contribution in [3.63, 3.8) is 0 Å². The van der Waals surface area contributed by atoms with Crippen molar-refractivity contribution in [2.75, 3.05) is 0 Å². The number of aliphatic hydroxyl groups is 1. The second-order valence-electron chi connectivity index (χ2n) is 10.9. The Morgan fingerprint density at radius 2 is 1.40 bits per heavy atom. The summed E-state index contributed by atoms with van der Waals surface area (Å²) in [5, 5.41) is 12.6. The molecule has 0 fully saturated rings. The van der Waals surface area contributed by atoms with Crippen LogP contribution in [0.2, 0.25) is 24.7 Å². The molecule has 184 valence electrons. The lowest BCUT2D eigenvalue weighted by Gasteiger charge is -2.45. The molecule has 2 unspecified atom stereocenters. The zero-order valence-corrected chi connectivity index (χ0v) is 24.4. The van der Waals surface area contributed by atoms with Crippen LogP contribution in [0.3, 0.4) is 0 Å². The first-order valence-electron chi connectivity index (χ1n) is 12.5. The lowest BCUT2D eigenvalue weighted by atomic mass is 10.1. The summed E-state index contributed by atoms with van der Waals surface area (Å²) in [7, 11) is -4.11. The Bertz CT molecular complexity index is 1070. The van der Waals surface area contributed by atoms with E-state index in [1.807, 2.05) is 0 Å². The Hall–Kier alpha value is -2.53. The Labute approximate surface area is 215 Å². The maximum absolute atomic E-state index is 10.2. The number of hydrogen-bond donors (Lipinski definition) is 1. The van der Waals surface area contributed by atoms with Gasteiger partial charge in [-0.05, 0) is 39.6 Å². The highest BCUT2D eigenvalue weighted by Gasteiger charge is 2.51. The van der Waals surface area contributed by atoms with Crippen molar-refractivity contribution >= 4 is 26.8 Å². The normalized spacial score (nSPS) is 13.3. The smallest absolute Gasteiger partial charge is 0.261 e. The van der Waals surface area contributed by atoms with Gasteiger partial charge in [0.05, 0.1) is 6.10 Å². The average molecular weight is 501 g/mol. The SMILES string of the molecule is CCCC(CC#CC(O)C#CC#C[Si](C)(C)C)O[Si](c1ccccc1)(c1ccccc1)C(C)(C)C. The quantitative estimate of drug-likeness (QED) is 0.409. The van der Waals surface area contributed by atoms with Crippen LogP contribution in [-0.4, -0.2) is 33.7 Å². The molecule has 0 amide bonds. The molecule has 2 atom stereocenters. The second-order valence-corrected chi connectivity index (χ2v) is 19.9. The molecule has 0 saturated heterocycles. The molecule has 0 spiro atoms. The van der Waals surface area contributed by atoms with Crippen molar-refractivity contribution in [1.29, 1.82) is 0 Å². The maximum atomic E-state index is 10.2. The lowest BCUT2D eigenvalue weighted by Crippen LogP contribution is -2.67. The minimum absolute atomic E-state index is 0.0364. The van der Waals surface area contributed by atoms with Crippen molar-refractivity contribution in [1.82, 2.24) is 0 Å². The van der Waals surface area contributed by atoms with Crippen LogP contribution in [0, 0.1) is 35.1 Å². The van der Waals surface area contributed by atoms with Crippen LogP contribution in [0.4, 0.5) is 0 Å². The third-order valence-electron chi connectivity index (χ3n) is 5.65. The van der Waals surface area contributed by atoms with E-state index in [4.69, 9.17) is 4.43 Å². The summed E-state index contributed by atoms with van der Waals surface area (Å²) in [6, 6.07) is 21.4. The van der Waals surface area contributed by atoms with E-state index in [1.54, 1.807) is 0 Å². The van der Waals surface area contributed by atoms with Gasteiger partial charge in [-0.3, -0.25) is 0 Å². The predicted molar refractivity (Wildman–Crippen MR) is 155 cm³/mol. The van der Waals surface area contributed by atoms with Crippen LogP contribution >= 0.6 is 0 Å². The number of benzene rings is 2. The molecule has 1 N–H and O–H groups in total. The standard InChI is InChI=1S/C31H40O2Si2/c1-8-18-28(21-17-20-27(32)19-15-16-26-34(5,6)7)33-35(31(2,3)4,29-22-11-9-12-23-29)30-24-13-10-14-25-30/h9-14,22-25,27-28,32H,8,18,21H2,1-7H3. The minimum Gasteiger partial charge on any atom is -0.404 e. The van der Waals surface area contributed by atoms with Crippen LogP contribution in [0.1, 0.15) is 47.0 Å². The molecular weight excluding hydrogens is 461 g/mol. The summed E-state index contributed by atoms with van der Waals surface area (Å²) < 4.78 is 7.23. The van der Waals surface area contributed by atoms with Crippen molar-refractivity contribution in [3.05, 3.63) is 60.7 Å². The Morgan fingerprint density at radius 3 is 1.86 bits per heavy atom. The molecule has 2 rings (SSSR count). The van der Waals surface area contributed by atoms with E-state index in [9.17, 15) is 5.11 Å². The van der Waals surface area contributed by atoms with Gasteiger partial charge < -0.3 is 9.53 Å². The van der Waals surface area contributed by atoms with Crippen LogP contribution in [0.25, 0.3) is 0 Å². The molecule has 4 heteroatoms. The molecular formula is C31H40O2Si2. The van der Waals surface area contributed by atoms with Crippen LogP contribution < -0.4 is 10.4 Å². The van der Waals surface area contributed by atoms with E-state index in [0.29, 0.717) is 6.42 Å². The fraction of sp³-hybridized carbons (Fsp3) is 0.419. The zero-order chi connectivity index (χ0) is 26.0. The Balaban J connectivity index is 2.38. The van der Waals surface area contributed by atoms with Gasteiger partial charge in [-0.25, -0.2) is 0 Å². The summed E-state index contributed by atoms with van der Waals surface area (Å²) in [4.78, 5) is 0. The van der Waals surface area contributed by atoms with E-state index in [0.717, 1.165) is 12.8 Å². The summed E-state index contributed by atoms with van der Waals surface area (Å²) in [6.45, 7) is 15.5. The molecule has 0 saturated carbocycles. The molecule has 0 aromatic heterocycles. The molecule has 0 aliphatic heterocycles. The van der Waals surface area contributed by atoms with E-state index in [-0.39, 0.29) is 11.1 Å². The average Bonchev–Trinajstić information content (AvgIpc) is 2.80. The molecule has 2 aromatic rings. The molecule has 2 nitrogen and oxygen atoms in total. The van der Waals surface area contributed by atoms with Crippen molar-refractivity contribution in [3.8, 4) is 35.1 Å². The molecule has 35 heavy (non-hydrogen) atoms. The first-order chi connectivity index (χ1) is 16.5. The van der Waals surface area contributed by atoms with Gasteiger partial charge in [0.2, 0.25) is 0 Å². The van der Waals surface area contributed by atoms with Crippen molar-refractivity contribution in [2.45, 2.75) is 83.8 Å². The maximum Gasteiger partial charge on any atom is 0.261 e. The van der Waals surface area contributed by atoms with E-state index >= 15 is 0 Å². The van der Waals surface area contributed by atoms with E-state index in [2.05, 4.69) is 143 Å². The zero-order valence-electron chi connectivity index (χ0n) is 22.4. The van der Waals surface area contributed by atoms with Crippen molar-refractivity contribution < 1.29 is 9.53 Å². The third-order valence-corrected chi connectivity index (χ3v) is 11.6. The minimum atomic E-state index is -2.64. The number of hydrogen-bond acceptors (Lipinski definition) is 2. The topological polar surface area (TPSA) is 29.5 Å². The lowest BCUT2D eigenvalue weighted by molar-refractivity contribution is 0.181. The fourth-order valence-corrected chi connectivity index (χ4v) is 9.25. The van der Waals surface area contributed by atoms with Gasteiger partial charge in [0.1, 0.15) is 8.07 Å². The third kappa shape index (κ3) is 8.57. The van der Waals surface area contributed by atoms with E-state index in [1.165, 1.54) is 10.4 Å². The summed E-state index contributed by atoms with van der Waals surface area (Å²) >= 11 is 0. The largest absolute Gasteiger partial charge is 0.404 e. The highest BCUT2D eigenvalue weighted by atomic mass is 28.4. The molecule has 2 aromatic carbocycles. The van der Waals surface area contributed by atoms with Crippen LogP contribution in [-0.2, 0) is 4.43 Å². The summed E-state index contributed by atoms with van der Waals surface area (Å²) in [6.07, 6.45) is 1.42. The molecule has 0 aliphatic rings. The van der Waals surface area contributed by atoms with Gasteiger partial charge in [-0.1, -0.05) is 126 Å². The van der Waals surface area contributed by atoms with Crippen LogP contribution in [0.5, 0.6) is 0 Å². The second kappa shape index (κ2) is 13.0.